The second kappa shape index (κ2) is 9.55. The lowest BCUT2D eigenvalue weighted by Crippen LogP contribution is -2.03. The molecule has 0 unspecified atom stereocenters. The molecule has 0 aromatic carbocycles. The van der Waals surface area contributed by atoms with Crippen LogP contribution in [0.1, 0.15) is 26.7 Å². The third-order valence-electron chi connectivity index (χ3n) is 0.500. The van der Waals surface area contributed by atoms with Gasteiger partial charge in [0.05, 0.1) is 0 Å². The molecule has 1 amide bonds. The molecule has 3 heteroatoms. The minimum absolute atomic E-state index is 1.32. The molecule has 0 aromatic rings. The molecule has 0 aliphatic carbocycles. The van der Waals surface area contributed by atoms with E-state index in [4.69, 9.17) is 9.90 Å². The summed E-state index contributed by atoms with van der Waals surface area (Å²) < 4.78 is 0. The van der Waals surface area contributed by atoms with Crippen molar-refractivity contribution < 1.29 is 9.90 Å². The maximum absolute atomic E-state index is 8.78. The van der Waals surface area contributed by atoms with Crippen LogP contribution in [0.15, 0.2) is 0 Å². The van der Waals surface area contributed by atoms with Gasteiger partial charge < -0.3 is 10.8 Å². The van der Waals surface area contributed by atoms with Crippen LogP contribution in [0.2, 0.25) is 0 Å². The van der Waals surface area contributed by atoms with E-state index in [0.717, 1.165) is 0 Å². The Morgan fingerprint density at radius 3 is 1.62 bits per heavy atom. The van der Waals surface area contributed by atoms with Crippen molar-refractivity contribution in [3.63, 3.8) is 0 Å². The molecule has 0 radical (unpaired) electrons. The van der Waals surface area contributed by atoms with Crippen molar-refractivity contribution >= 4 is 6.09 Å². The highest BCUT2D eigenvalue weighted by atomic mass is 16.4. The number of carboxylic acid groups (broad SMARTS) is 1. The standard InChI is InChI=1S/C4H10.CH3NO2/c1-3-4-2;2-1(3)4/h3-4H2,1-2H3;2H2,(H,3,4). The van der Waals surface area contributed by atoms with Crippen LogP contribution in [0.25, 0.3) is 0 Å². The lowest BCUT2D eigenvalue weighted by atomic mass is 10.4. The van der Waals surface area contributed by atoms with Crippen molar-refractivity contribution in [2.45, 2.75) is 26.7 Å². The fourth-order valence-corrected chi connectivity index (χ4v) is 0. The molecule has 3 nitrogen and oxygen atoms in total. The average molecular weight is 119 g/mol. The molecule has 0 bridgehead atoms. The van der Waals surface area contributed by atoms with E-state index in [1.165, 1.54) is 12.8 Å². The third kappa shape index (κ3) is 1320. The Morgan fingerprint density at radius 1 is 1.50 bits per heavy atom. The first-order valence-corrected chi connectivity index (χ1v) is 2.63. The van der Waals surface area contributed by atoms with Crippen LogP contribution in [0, 0.1) is 0 Å². The SMILES string of the molecule is CCCC.NC(=O)O. The zero-order valence-corrected chi connectivity index (χ0v) is 5.35. The maximum Gasteiger partial charge on any atom is 0.402 e. The van der Waals surface area contributed by atoms with Gasteiger partial charge in [-0.1, -0.05) is 26.7 Å². The maximum atomic E-state index is 8.78. The number of unbranched alkanes of at least 4 members (excludes halogenated alkanes) is 1. The predicted octanol–water partition coefficient (Wildman–Crippen LogP) is 1.43. The highest BCUT2D eigenvalue weighted by Crippen LogP contribution is 1.76. The summed E-state index contributed by atoms with van der Waals surface area (Å²) in [5, 5.41) is 7.19. The molecule has 0 rings (SSSR count). The number of hydrogen-bond donors (Lipinski definition) is 2. The minimum atomic E-state index is -1.33. The molecule has 0 fully saturated rings. The largest absolute Gasteiger partial charge is 0.465 e. The van der Waals surface area contributed by atoms with Gasteiger partial charge in [0.1, 0.15) is 0 Å². The topological polar surface area (TPSA) is 63.3 Å². The first-order valence-electron chi connectivity index (χ1n) is 2.63. The number of amides is 1. The summed E-state index contributed by atoms with van der Waals surface area (Å²) in [6.07, 6.45) is 1.31. The third-order valence-corrected chi connectivity index (χ3v) is 0.500. The normalized spacial score (nSPS) is 6.75. The van der Waals surface area contributed by atoms with E-state index in [9.17, 15) is 0 Å². The molecule has 0 aliphatic heterocycles. The monoisotopic (exact) mass is 119 g/mol. The summed E-state index contributed by atoms with van der Waals surface area (Å²) in [6.45, 7) is 4.36. The van der Waals surface area contributed by atoms with Crippen molar-refractivity contribution in [2.24, 2.45) is 5.73 Å². The van der Waals surface area contributed by atoms with Gasteiger partial charge in [-0.05, 0) is 0 Å². The van der Waals surface area contributed by atoms with Gasteiger partial charge in [0, 0.05) is 0 Å². The lowest BCUT2D eigenvalue weighted by Gasteiger charge is -1.68. The molecular formula is C5H13NO2. The van der Waals surface area contributed by atoms with Crippen LogP contribution in [0.5, 0.6) is 0 Å². The van der Waals surface area contributed by atoms with Crippen molar-refractivity contribution in [3.05, 3.63) is 0 Å². The summed E-state index contributed by atoms with van der Waals surface area (Å²) in [5.74, 6) is 0. The van der Waals surface area contributed by atoms with E-state index < -0.39 is 6.09 Å². The molecule has 0 saturated heterocycles. The van der Waals surface area contributed by atoms with E-state index in [1.54, 1.807) is 0 Å². The van der Waals surface area contributed by atoms with E-state index in [2.05, 4.69) is 19.6 Å². The number of carbonyl (C=O) groups is 1. The highest BCUT2D eigenvalue weighted by Gasteiger charge is 1.65. The Bertz CT molecular complexity index is 48.4. The van der Waals surface area contributed by atoms with Gasteiger partial charge in [-0.3, -0.25) is 0 Å². The van der Waals surface area contributed by atoms with E-state index in [1.807, 2.05) is 0 Å². The quantitative estimate of drug-likeness (QED) is 0.548. The van der Waals surface area contributed by atoms with Crippen LogP contribution in [0.3, 0.4) is 0 Å². The van der Waals surface area contributed by atoms with Gasteiger partial charge in [0.2, 0.25) is 0 Å². The molecule has 8 heavy (non-hydrogen) atoms. The molecular weight excluding hydrogens is 106 g/mol. The fourth-order valence-electron chi connectivity index (χ4n) is 0. The van der Waals surface area contributed by atoms with Crippen molar-refractivity contribution in [3.8, 4) is 0 Å². The van der Waals surface area contributed by atoms with Gasteiger partial charge in [-0.25, -0.2) is 4.79 Å². The summed E-state index contributed by atoms with van der Waals surface area (Å²) in [7, 11) is 0. The first kappa shape index (κ1) is 10.3. The zero-order chi connectivity index (χ0) is 6.99. The Kier molecular flexibility index (Phi) is 12.3. The molecule has 0 atom stereocenters. The van der Waals surface area contributed by atoms with Gasteiger partial charge in [0.15, 0.2) is 0 Å². The minimum Gasteiger partial charge on any atom is -0.465 e. The van der Waals surface area contributed by atoms with Crippen LogP contribution in [0.4, 0.5) is 4.79 Å². The van der Waals surface area contributed by atoms with E-state index >= 15 is 0 Å². The van der Waals surface area contributed by atoms with Gasteiger partial charge in [0.25, 0.3) is 0 Å². The average Bonchev–Trinajstić information content (AvgIpc) is 1.65. The van der Waals surface area contributed by atoms with Crippen LogP contribution in [-0.2, 0) is 0 Å². The van der Waals surface area contributed by atoms with Crippen LogP contribution >= 0.6 is 0 Å². The van der Waals surface area contributed by atoms with E-state index in [0.29, 0.717) is 0 Å². The van der Waals surface area contributed by atoms with Crippen molar-refractivity contribution in [1.29, 1.82) is 0 Å². The van der Waals surface area contributed by atoms with Crippen LogP contribution < -0.4 is 5.73 Å². The highest BCUT2D eigenvalue weighted by molar-refractivity contribution is 5.61. The fraction of sp³-hybridized carbons (Fsp3) is 0.800. The number of hydrogen-bond acceptors (Lipinski definition) is 1. The second-order valence-electron chi connectivity index (χ2n) is 1.34. The first-order chi connectivity index (χ1) is 3.65. The zero-order valence-electron chi connectivity index (χ0n) is 5.35. The number of nitrogens with two attached hydrogens (primary N) is 1. The Hall–Kier alpha value is -0.730. The Balaban J connectivity index is 0. The number of primary amides is 1. The summed E-state index contributed by atoms with van der Waals surface area (Å²) in [5.41, 5.74) is 4.03. The summed E-state index contributed by atoms with van der Waals surface area (Å²) >= 11 is 0. The van der Waals surface area contributed by atoms with Gasteiger partial charge >= 0.3 is 6.09 Å². The van der Waals surface area contributed by atoms with Gasteiger partial charge in [-0.15, -0.1) is 0 Å². The molecule has 0 aliphatic rings. The van der Waals surface area contributed by atoms with E-state index in [-0.39, 0.29) is 0 Å². The smallest absolute Gasteiger partial charge is 0.402 e. The molecule has 0 spiro atoms. The molecule has 3 N–H and O–H groups in total. The summed E-state index contributed by atoms with van der Waals surface area (Å²) in [6, 6.07) is 0. The van der Waals surface area contributed by atoms with Crippen molar-refractivity contribution in [2.75, 3.05) is 0 Å². The molecule has 0 heterocycles. The lowest BCUT2D eigenvalue weighted by molar-refractivity contribution is 0.205. The van der Waals surface area contributed by atoms with Gasteiger partial charge in [-0.2, -0.15) is 0 Å². The van der Waals surface area contributed by atoms with Crippen molar-refractivity contribution in [1.82, 2.24) is 0 Å². The molecule has 0 saturated carbocycles. The Morgan fingerprint density at radius 2 is 1.62 bits per heavy atom. The molecule has 50 valence electrons. The number of rotatable bonds is 1. The summed E-state index contributed by atoms with van der Waals surface area (Å²) in [4.78, 5) is 8.78. The second-order valence-corrected chi connectivity index (χ2v) is 1.34. The van der Waals surface area contributed by atoms with Crippen LogP contribution in [-0.4, -0.2) is 11.2 Å². The molecule has 0 aromatic heterocycles. The predicted molar refractivity (Wildman–Crippen MR) is 32.8 cm³/mol. The Labute approximate surface area is 49.5 Å².